The third-order valence-electron chi connectivity index (χ3n) is 2.07. The third-order valence-corrected chi connectivity index (χ3v) is 3.24. The molecule has 0 aliphatic heterocycles. The average Bonchev–Trinajstić information content (AvgIpc) is 2.83. The highest BCUT2D eigenvalue weighted by Crippen LogP contribution is 2.25. The van der Waals surface area contributed by atoms with Crippen molar-refractivity contribution in [1.29, 1.82) is 0 Å². The van der Waals surface area contributed by atoms with Gasteiger partial charge in [0.2, 0.25) is 0 Å². The van der Waals surface area contributed by atoms with Gasteiger partial charge in [0.15, 0.2) is 0 Å². The van der Waals surface area contributed by atoms with Crippen LogP contribution in [0.25, 0.3) is 10.7 Å². The number of aromatic nitrogens is 4. The monoisotopic (exact) mass is 238 g/mol. The van der Waals surface area contributed by atoms with Gasteiger partial charge in [-0.25, -0.2) is 9.78 Å². The van der Waals surface area contributed by atoms with Crippen LogP contribution in [-0.4, -0.2) is 31.1 Å². The minimum Gasteiger partial charge on any atom is -0.477 e. The first-order chi connectivity index (χ1) is 7.61. The molecule has 84 valence electrons. The molecule has 2 aromatic rings. The van der Waals surface area contributed by atoms with Crippen LogP contribution in [0.2, 0.25) is 0 Å². The lowest BCUT2D eigenvalue weighted by Gasteiger charge is -1.87. The number of aromatic carboxylic acids is 1. The molecule has 0 bridgehead atoms. The minimum atomic E-state index is -0.955. The van der Waals surface area contributed by atoms with E-state index in [2.05, 4.69) is 15.3 Å². The smallest absolute Gasteiger partial charge is 0.347 e. The zero-order valence-corrected chi connectivity index (χ0v) is 9.65. The van der Waals surface area contributed by atoms with E-state index in [-0.39, 0.29) is 4.88 Å². The number of hydrogen-bond donors (Lipinski definition) is 1. The van der Waals surface area contributed by atoms with Crippen molar-refractivity contribution in [3.63, 3.8) is 0 Å². The summed E-state index contributed by atoms with van der Waals surface area (Å²) in [5.41, 5.74) is 1.13. The molecule has 0 atom stereocenters. The number of carboxylic acids is 1. The summed E-state index contributed by atoms with van der Waals surface area (Å²) in [5, 5.41) is 17.3. The maximum absolute atomic E-state index is 10.9. The Hall–Kier alpha value is -1.76. The summed E-state index contributed by atoms with van der Waals surface area (Å²) >= 11 is 1.12. The van der Waals surface area contributed by atoms with E-state index in [4.69, 9.17) is 5.11 Å². The Labute approximate surface area is 95.6 Å². The third kappa shape index (κ3) is 1.81. The molecule has 2 rings (SSSR count). The summed E-state index contributed by atoms with van der Waals surface area (Å²) in [5.74, 6) is -0.955. The highest BCUT2D eigenvalue weighted by molar-refractivity contribution is 7.16. The number of thiazole rings is 1. The molecule has 0 spiro atoms. The molecule has 0 saturated heterocycles. The van der Waals surface area contributed by atoms with Crippen molar-refractivity contribution in [3.05, 3.63) is 16.8 Å². The van der Waals surface area contributed by atoms with Gasteiger partial charge in [0.25, 0.3) is 0 Å². The maximum Gasteiger partial charge on any atom is 0.347 e. The molecule has 2 heterocycles. The molecular weight excluding hydrogens is 228 g/mol. The second-order valence-corrected chi connectivity index (χ2v) is 4.20. The van der Waals surface area contributed by atoms with E-state index in [1.165, 1.54) is 0 Å². The number of nitrogens with zero attached hydrogens (tertiary/aromatic N) is 4. The van der Waals surface area contributed by atoms with Gasteiger partial charge in [-0.3, -0.25) is 4.68 Å². The van der Waals surface area contributed by atoms with E-state index < -0.39 is 5.97 Å². The first-order valence-electron chi connectivity index (χ1n) is 4.73. The van der Waals surface area contributed by atoms with Crippen LogP contribution in [0.3, 0.4) is 0 Å². The van der Waals surface area contributed by atoms with Gasteiger partial charge in [0.05, 0.1) is 11.9 Å². The lowest BCUT2D eigenvalue weighted by atomic mass is 10.4. The van der Waals surface area contributed by atoms with Gasteiger partial charge >= 0.3 is 5.97 Å². The Kier molecular flexibility index (Phi) is 2.69. The van der Waals surface area contributed by atoms with Gasteiger partial charge in [0, 0.05) is 6.54 Å². The van der Waals surface area contributed by atoms with Crippen molar-refractivity contribution in [2.24, 2.45) is 0 Å². The van der Waals surface area contributed by atoms with Gasteiger partial charge in [-0.05, 0) is 13.8 Å². The predicted molar refractivity (Wildman–Crippen MR) is 58.5 cm³/mol. The number of hydrogen-bond acceptors (Lipinski definition) is 5. The summed E-state index contributed by atoms with van der Waals surface area (Å²) in [6.45, 7) is 4.35. The van der Waals surface area contributed by atoms with Crippen molar-refractivity contribution >= 4 is 17.3 Å². The molecular formula is C9H10N4O2S. The van der Waals surface area contributed by atoms with Crippen LogP contribution in [0.15, 0.2) is 6.20 Å². The molecule has 0 fully saturated rings. The van der Waals surface area contributed by atoms with Crippen LogP contribution >= 0.6 is 11.3 Å². The first-order valence-corrected chi connectivity index (χ1v) is 5.54. The van der Waals surface area contributed by atoms with Crippen molar-refractivity contribution in [2.45, 2.75) is 20.4 Å². The molecule has 0 radical (unpaired) electrons. The van der Waals surface area contributed by atoms with Gasteiger partial charge in [-0.15, -0.1) is 16.4 Å². The molecule has 2 aromatic heterocycles. The summed E-state index contributed by atoms with van der Waals surface area (Å²) < 4.78 is 1.67. The van der Waals surface area contributed by atoms with Crippen molar-refractivity contribution < 1.29 is 9.90 Å². The fourth-order valence-corrected chi connectivity index (χ4v) is 2.11. The lowest BCUT2D eigenvalue weighted by molar-refractivity contribution is 0.0701. The Balaban J connectivity index is 2.41. The van der Waals surface area contributed by atoms with Gasteiger partial charge < -0.3 is 5.11 Å². The number of carbonyl (C=O) groups is 1. The topological polar surface area (TPSA) is 80.9 Å². The van der Waals surface area contributed by atoms with Crippen LogP contribution in [0.1, 0.15) is 22.3 Å². The van der Waals surface area contributed by atoms with Gasteiger partial charge in [-0.1, -0.05) is 5.21 Å². The average molecular weight is 238 g/mol. The number of rotatable bonds is 3. The van der Waals surface area contributed by atoms with Crippen LogP contribution in [0.4, 0.5) is 0 Å². The highest BCUT2D eigenvalue weighted by atomic mass is 32.1. The number of carboxylic acid groups (broad SMARTS) is 1. The molecule has 0 amide bonds. The maximum atomic E-state index is 10.9. The van der Waals surface area contributed by atoms with E-state index in [0.717, 1.165) is 17.9 Å². The lowest BCUT2D eigenvalue weighted by Crippen LogP contribution is -1.94. The molecule has 16 heavy (non-hydrogen) atoms. The normalized spacial score (nSPS) is 10.6. The Morgan fingerprint density at radius 2 is 2.38 bits per heavy atom. The van der Waals surface area contributed by atoms with E-state index in [0.29, 0.717) is 16.4 Å². The summed E-state index contributed by atoms with van der Waals surface area (Å²) in [7, 11) is 0. The van der Waals surface area contributed by atoms with E-state index in [9.17, 15) is 4.79 Å². The molecule has 0 aromatic carbocycles. The second-order valence-electron chi connectivity index (χ2n) is 3.20. The zero-order chi connectivity index (χ0) is 11.7. The minimum absolute atomic E-state index is 0.251. The summed E-state index contributed by atoms with van der Waals surface area (Å²) in [4.78, 5) is 15.3. The van der Waals surface area contributed by atoms with Gasteiger partial charge in [0.1, 0.15) is 15.6 Å². The molecule has 0 unspecified atom stereocenters. The van der Waals surface area contributed by atoms with Crippen LogP contribution in [-0.2, 0) is 6.54 Å². The van der Waals surface area contributed by atoms with E-state index >= 15 is 0 Å². The van der Waals surface area contributed by atoms with Crippen LogP contribution < -0.4 is 0 Å². The van der Waals surface area contributed by atoms with Gasteiger partial charge in [-0.2, -0.15) is 0 Å². The second kappa shape index (κ2) is 4.01. The predicted octanol–water partition coefficient (Wildman–Crippen LogP) is 1.43. The van der Waals surface area contributed by atoms with Crippen LogP contribution in [0.5, 0.6) is 0 Å². The quantitative estimate of drug-likeness (QED) is 0.874. The number of aryl methyl sites for hydroxylation is 2. The standard InChI is InChI=1S/C9H10N4O2S/c1-3-13-4-6(11-12-13)8-10-5(2)7(16-8)9(14)15/h4H,3H2,1-2H3,(H,14,15). The first kappa shape index (κ1) is 10.7. The van der Waals surface area contributed by atoms with Crippen LogP contribution in [0, 0.1) is 6.92 Å². The summed E-state index contributed by atoms with van der Waals surface area (Å²) in [6.07, 6.45) is 1.75. The Bertz CT molecular complexity index is 531. The largest absolute Gasteiger partial charge is 0.477 e. The molecule has 6 nitrogen and oxygen atoms in total. The fraction of sp³-hybridized carbons (Fsp3) is 0.333. The van der Waals surface area contributed by atoms with Crippen molar-refractivity contribution in [2.75, 3.05) is 0 Å². The summed E-state index contributed by atoms with van der Waals surface area (Å²) in [6, 6.07) is 0. The Morgan fingerprint density at radius 1 is 1.62 bits per heavy atom. The molecule has 0 saturated carbocycles. The molecule has 0 aliphatic carbocycles. The highest BCUT2D eigenvalue weighted by Gasteiger charge is 2.16. The van der Waals surface area contributed by atoms with Crippen molar-refractivity contribution in [1.82, 2.24) is 20.0 Å². The molecule has 0 aliphatic rings. The fourth-order valence-electron chi connectivity index (χ4n) is 1.26. The van der Waals surface area contributed by atoms with E-state index in [1.807, 2.05) is 6.92 Å². The van der Waals surface area contributed by atoms with Crippen molar-refractivity contribution in [3.8, 4) is 10.7 Å². The zero-order valence-electron chi connectivity index (χ0n) is 8.84. The molecule has 7 heteroatoms. The van der Waals surface area contributed by atoms with E-state index in [1.54, 1.807) is 17.8 Å². The Morgan fingerprint density at radius 3 is 2.88 bits per heavy atom. The molecule has 1 N–H and O–H groups in total. The SMILES string of the molecule is CCn1cc(-c2nc(C)c(C(=O)O)s2)nn1.